The normalized spacial score (nSPS) is 11.5. The number of ether oxygens (including phenoxy) is 1. The van der Waals surface area contributed by atoms with Crippen LogP contribution in [0.2, 0.25) is 5.02 Å². The lowest BCUT2D eigenvalue weighted by Crippen LogP contribution is -2.22. The van der Waals surface area contributed by atoms with Crippen molar-refractivity contribution in [1.29, 1.82) is 0 Å². The fourth-order valence-electron chi connectivity index (χ4n) is 2.23. The first kappa shape index (κ1) is 17.2. The molecule has 1 N–H and O–H groups in total. The number of rotatable bonds is 3. The summed E-state index contributed by atoms with van der Waals surface area (Å²) in [4.78, 5) is 15.5. The molecule has 0 bridgehead atoms. The monoisotopic (exact) mass is 379 g/mol. The van der Waals surface area contributed by atoms with Crippen molar-refractivity contribution in [3.63, 3.8) is 0 Å². The number of benzene rings is 1. The predicted molar refractivity (Wildman–Crippen MR) is 93.6 cm³/mol. The average molecular weight is 380 g/mol. The topological polar surface area (TPSA) is 90.3 Å². The Bertz CT molecular complexity index is 1060. The van der Waals surface area contributed by atoms with E-state index < -0.39 is 16.1 Å². The molecule has 2 heterocycles. The van der Waals surface area contributed by atoms with Crippen LogP contribution in [-0.4, -0.2) is 30.5 Å². The summed E-state index contributed by atoms with van der Waals surface area (Å²) in [6.07, 6.45) is 0.565. The lowest BCUT2D eigenvalue weighted by Gasteiger charge is -2.08. The number of nitrogens with one attached hydrogen (secondary N) is 1. The molecule has 0 aliphatic heterocycles. The van der Waals surface area contributed by atoms with Gasteiger partial charge in [-0.05, 0) is 25.1 Å². The molecule has 0 fully saturated rings. The van der Waals surface area contributed by atoms with E-state index in [4.69, 9.17) is 16.3 Å². The van der Waals surface area contributed by atoms with Gasteiger partial charge in [0.05, 0.1) is 9.92 Å². The molecule has 0 unspecified atom stereocenters. The van der Waals surface area contributed by atoms with E-state index in [1.807, 2.05) is 6.92 Å². The minimum atomic E-state index is -3.90. The molecule has 1 amide bonds. The van der Waals surface area contributed by atoms with Crippen LogP contribution in [0.15, 0.2) is 47.5 Å². The van der Waals surface area contributed by atoms with Crippen molar-refractivity contribution in [3.05, 3.63) is 53.2 Å². The van der Waals surface area contributed by atoms with Crippen molar-refractivity contribution in [2.24, 2.45) is 0 Å². The number of aromatic nitrogens is 2. The molecule has 25 heavy (non-hydrogen) atoms. The van der Waals surface area contributed by atoms with Gasteiger partial charge in [0, 0.05) is 24.7 Å². The van der Waals surface area contributed by atoms with E-state index in [1.54, 1.807) is 18.2 Å². The molecule has 0 atom stereocenters. The highest BCUT2D eigenvalue weighted by Crippen LogP contribution is 2.29. The van der Waals surface area contributed by atoms with E-state index in [2.05, 4.69) is 10.3 Å². The predicted octanol–water partition coefficient (Wildman–Crippen LogP) is 2.95. The van der Waals surface area contributed by atoms with Gasteiger partial charge >= 0.3 is 6.09 Å². The van der Waals surface area contributed by atoms with E-state index >= 15 is 0 Å². The zero-order valence-corrected chi connectivity index (χ0v) is 14.9. The Morgan fingerprint density at radius 2 is 1.88 bits per heavy atom. The van der Waals surface area contributed by atoms with Crippen LogP contribution in [0.25, 0.3) is 11.0 Å². The maximum absolute atomic E-state index is 12.9. The SMILES string of the molecule is CNC(=O)Oc1ccc2c(Cl)cn(S(=O)(=O)c3ccc(C)cc3)c2n1. The lowest BCUT2D eigenvalue weighted by molar-refractivity contribution is 0.201. The molecule has 3 aromatic rings. The second-order valence-electron chi connectivity index (χ2n) is 5.25. The molecule has 0 saturated heterocycles. The van der Waals surface area contributed by atoms with E-state index in [1.165, 1.54) is 31.4 Å². The summed E-state index contributed by atoms with van der Waals surface area (Å²) >= 11 is 6.14. The molecule has 1 aromatic carbocycles. The van der Waals surface area contributed by atoms with Gasteiger partial charge in [-0.15, -0.1) is 0 Å². The van der Waals surface area contributed by atoms with Crippen LogP contribution in [0.3, 0.4) is 0 Å². The smallest absolute Gasteiger partial charge is 0.391 e. The third-order valence-electron chi connectivity index (χ3n) is 3.53. The van der Waals surface area contributed by atoms with Gasteiger partial charge in [0.15, 0.2) is 5.65 Å². The first-order valence-corrected chi connectivity index (χ1v) is 9.04. The number of halogens is 1. The van der Waals surface area contributed by atoms with E-state index in [0.717, 1.165) is 9.54 Å². The van der Waals surface area contributed by atoms with Gasteiger partial charge in [0.25, 0.3) is 10.0 Å². The summed E-state index contributed by atoms with van der Waals surface area (Å²) in [5.41, 5.74) is 1.01. The van der Waals surface area contributed by atoms with E-state index in [-0.39, 0.29) is 21.4 Å². The summed E-state index contributed by atoms with van der Waals surface area (Å²) in [6.45, 7) is 1.86. The minimum absolute atomic E-state index is 0.0398. The van der Waals surface area contributed by atoms with Gasteiger partial charge in [0.1, 0.15) is 0 Å². The number of pyridine rings is 1. The number of hydrogen-bond acceptors (Lipinski definition) is 5. The second-order valence-corrected chi connectivity index (χ2v) is 7.47. The number of fused-ring (bicyclic) bond motifs is 1. The zero-order valence-electron chi connectivity index (χ0n) is 13.4. The molecular formula is C16H14ClN3O4S. The molecule has 7 nitrogen and oxygen atoms in total. The second kappa shape index (κ2) is 6.38. The Morgan fingerprint density at radius 1 is 1.20 bits per heavy atom. The third kappa shape index (κ3) is 3.18. The Hall–Kier alpha value is -2.58. The van der Waals surface area contributed by atoms with Crippen molar-refractivity contribution in [3.8, 4) is 5.88 Å². The van der Waals surface area contributed by atoms with Crippen LogP contribution in [0.4, 0.5) is 4.79 Å². The van der Waals surface area contributed by atoms with Crippen molar-refractivity contribution < 1.29 is 17.9 Å². The van der Waals surface area contributed by atoms with Gasteiger partial charge < -0.3 is 10.1 Å². The number of aryl methyl sites for hydroxylation is 1. The van der Waals surface area contributed by atoms with Gasteiger partial charge in [-0.3, -0.25) is 0 Å². The van der Waals surface area contributed by atoms with Crippen LogP contribution in [-0.2, 0) is 10.0 Å². The third-order valence-corrected chi connectivity index (χ3v) is 5.49. The highest BCUT2D eigenvalue weighted by Gasteiger charge is 2.22. The highest BCUT2D eigenvalue weighted by atomic mass is 35.5. The van der Waals surface area contributed by atoms with E-state index in [0.29, 0.717) is 5.39 Å². The van der Waals surface area contributed by atoms with Crippen molar-refractivity contribution in [2.45, 2.75) is 11.8 Å². The van der Waals surface area contributed by atoms with E-state index in [9.17, 15) is 13.2 Å². The number of amides is 1. The minimum Gasteiger partial charge on any atom is -0.391 e. The number of carbonyl (C=O) groups is 1. The standard InChI is InChI=1S/C16H14ClN3O4S/c1-10-3-5-11(6-4-10)25(22,23)20-9-13(17)12-7-8-14(19-15(12)20)24-16(21)18-2/h3-9H,1-2H3,(H,18,21). The zero-order chi connectivity index (χ0) is 18.2. The maximum Gasteiger partial charge on any atom is 0.413 e. The van der Waals surface area contributed by atoms with Crippen LogP contribution in [0.1, 0.15) is 5.56 Å². The summed E-state index contributed by atoms with van der Waals surface area (Å²) in [5.74, 6) is -0.0398. The molecule has 3 rings (SSSR count). The van der Waals surface area contributed by atoms with Crippen molar-refractivity contribution in [1.82, 2.24) is 14.3 Å². The van der Waals surface area contributed by atoms with Gasteiger partial charge in [0.2, 0.25) is 5.88 Å². The van der Waals surface area contributed by atoms with Gasteiger partial charge in [-0.25, -0.2) is 17.2 Å². The molecule has 9 heteroatoms. The Balaban J connectivity index is 2.16. The average Bonchev–Trinajstić information content (AvgIpc) is 2.92. The van der Waals surface area contributed by atoms with Crippen LogP contribution >= 0.6 is 11.6 Å². The molecule has 130 valence electrons. The summed E-state index contributed by atoms with van der Waals surface area (Å²) < 4.78 is 31.7. The fraction of sp³-hybridized carbons (Fsp3) is 0.125. The quantitative estimate of drug-likeness (QED) is 0.755. The molecule has 0 spiro atoms. The number of nitrogens with zero attached hydrogens (tertiary/aromatic N) is 2. The maximum atomic E-state index is 12.9. The van der Waals surface area contributed by atoms with Crippen LogP contribution in [0.5, 0.6) is 5.88 Å². The Morgan fingerprint density at radius 3 is 2.52 bits per heavy atom. The first-order chi connectivity index (χ1) is 11.8. The van der Waals surface area contributed by atoms with Crippen LogP contribution < -0.4 is 10.1 Å². The summed E-state index contributed by atoms with van der Waals surface area (Å²) in [7, 11) is -2.49. The largest absolute Gasteiger partial charge is 0.413 e. The molecule has 0 radical (unpaired) electrons. The first-order valence-electron chi connectivity index (χ1n) is 7.22. The molecule has 0 saturated carbocycles. The summed E-state index contributed by atoms with van der Waals surface area (Å²) in [6, 6.07) is 9.41. The molecule has 0 aliphatic rings. The molecule has 2 aromatic heterocycles. The fourth-order valence-corrected chi connectivity index (χ4v) is 3.85. The number of hydrogen-bond donors (Lipinski definition) is 1. The Labute approximate surface area is 149 Å². The van der Waals surface area contributed by atoms with Gasteiger partial charge in [-0.1, -0.05) is 29.3 Å². The lowest BCUT2D eigenvalue weighted by atomic mass is 10.2. The number of carbonyl (C=O) groups excluding carboxylic acids is 1. The summed E-state index contributed by atoms with van der Waals surface area (Å²) in [5, 5.41) is 2.95. The molecule has 0 aliphatic carbocycles. The molecular weight excluding hydrogens is 366 g/mol. The highest BCUT2D eigenvalue weighted by molar-refractivity contribution is 7.90. The Kier molecular flexibility index (Phi) is 4.40. The van der Waals surface area contributed by atoms with Gasteiger partial charge in [-0.2, -0.15) is 4.98 Å². The van der Waals surface area contributed by atoms with Crippen molar-refractivity contribution >= 4 is 38.8 Å². The van der Waals surface area contributed by atoms with Crippen molar-refractivity contribution in [2.75, 3.05) is 7.05 Å². The van der Waals surface area contributed by atoms with Crippen LogP contribution in [0, 0.1) is 6.92 Å².